The number of likely N-dealkylation sites (tertiary alicyclic amines) is 1. The molecule has 1 aliphatic rings. The number of rotatable bonds is 3. The molecular formula is C13H14N2O4. The van der Waals surface area contributed by atoms with E-state index in [4.69, 9.17) is 5.11 Å². The Bertz CT molecular complexity index is 509. The molecule has 2 heterocycles. The summed E-state index contributed by atoms with van der Waals surface area (Å²) in [5.74, 6) is -1.49. The summed E-state index contributed by atoms with van der Waals surface area (Å²) in [5, 5.41) is 8.89. The van der Waals surface area contributed by atoms with Crippen LogP contribution in [0.5, 0.6) is 0 Å². The lowest BCUT2D eigenvalue weighted by molar-refractivity contribution is -0.144. The molecule has 2 amide bonds. The SMILES string of the molecule is O=C(O)c1ccnc(CN2C(=O)CCCCC2=O)c1. The van der Waals surface area contributed by atoms with Crippen molar-refractivity contribution in [3.05, 3.63) is 29.6 Å². The van der Waals surface area contributed by atoms with Crippen LogP contribution < -0.4 is 0 Å². The Kier molecular flexibility index (Phi) is 3.89. The van der Waals surface area contributed by atoms with Crippen LogP contribution in [0.4, 0.5) is 0 Å². The van der Waals surface area contributed by atoms with Crippen molar-refractivity contribution in [2.45, 2.75) is 32.2 Å². The van der Waals surface area contributed by atoms with Crippen molar-refractivity contribution in [1.82, 2.24) is 9.88 Å². The number of nitrogens with zero attached hydrogens (tertiary/aromatic N) is 2. The van der Waals surface area contributed by atoms with Crippen molar-refractivity contribution < 1.29 is 19.5 Å². The molecule has 1 aromatic heterocycles. The van der Waals surface area contributed by atoms with Gasteiger partial charge in [0.05, 0.1) is 17.8 Å². The number of amides is 2. The number of aromatic nitrogens is 1. The molecule has 1 N–H and O–H groups in total. The monoisotopic (exact) mass is 262 g/mol. The largest absolute Gasteiger partial charge is 0.478 e. The Morgan fingerprint density at radius 2 is 1.89 bits per heavy atom. The van der Waals surface area contributed by atoms with Gasteiger partial charge >= 0.3 is 5.97 Å². The van der Waals surface area contributed by atoms with Crippen LogP contribution in [0.25, 0.3) is 0 Å². The molecule has 0 spiro atoms. The maximum atomic E-state index is 11.8. The van der Waals surface area contributed by atoms with Gasteiger partial charge < -0.3 is 5.11 Å². The Morgan fingerprint density at radius 1 is 1.26 bits per heavy atom. The molecule has 0 aliphatic carbocycles. The molecule has 2 rings (SSSR count). The van der Waals surface area contributed by atoms with E-state index in [0.29, 0.717) is 31.4 Å². The average molecular weight is 262 g/mol. The van der Waals surface area contributed by atoms with Gasteiger partial charge in [0.1, 0.15) is 0 Å². The van der Waals surface area contributed by atoms with Crippen LogP contribution >= 0.6 is 0 Å². The zero-order valence-corrected chi connectivity index (χ0v) is 10.3. The highest BCUT2D eigenvalue weighted by Crippen LogP contribution is 2.15. The van der Waals surface area contributed by atoms with Gasteiger partial charge in [-0.15, -0.1) is 0 Å². The highest BCUT2D eigenvalue weighted by molar-refractivity contribution is 5.96. The van der Waals surface area contributed by atoms with Crippen LogP contribution in [0.1, 0.15) is 41.7 Å². The molecule has 0 radical (unpaired) electrons. The molecule has 0 unspecified atom stereocenters. The minimum Gasteiger partial charge on any atom is -0.478 e. The number of carboxylic acid groups (broad SMARTS) is 1. The minimum atomic E-state index is -1.06. The molecule has 1 saturated heterocycles. The number of imide groups is 1. The minimum absolute atomic E-state index is 0.0405. The maximum absolute atomic E-state index is 11.8. The third kappa shape index (κ3) is 3.15. The van der Waals surface area contributed by atoms with E-state index in [0.717, 1.165) is 0 Å². The van der Waals surface area contributed by atoms with E-state index >= 15 is 0 Å². The lowest BCUT2D eigenvalue weighted by Crippen LogP contribution is -2.34. The summed E-state index contributed by atoms with van der Waals surface area (Å²) in [5.41, 5.74) is 0.503. The van der Waals surface area contributed by atoms with Crippen LogP contribution in [0.15, 0.2) is 18.3 Å². The summed E-state index contributed by atoms with van der Waals surface area (Å²) in [7, 11) is 0. The zero-order valence-electron chi connectivity index (χ0n) is 10.3. The molecular weight excluding hydrogens is 248 g/mol. The molecule has 6 heteroatoms. The summed E-state index contributed by atoms with van der Waals surface area (Å²) in [6.07, 6.45) is 3.49. The van der Waals surface area contributed by atoms with E-state index in [1.165, 1.54) is 23.2 Å². The number of hydrogen-bond acceptors (Lipinski definition) is 4. The molecule has 1 fully saturated rings. The van der Waals surface area contributed by atoms with Crippen molar-refractivity contribution in [2.24, 2.45) is 0 Å². The Balaban J connectivity index is 2.19. The summed E-state index contributed by atoms with van der Waals surface area (Å²) in [4.78, 5) is 39.6. The fraction of sp³-hybridized carbons (Fsp3) is 0.385. The highest BCUT2D eigenvalue weighted by atomic mass is 16.4. The first-order valence-corrected chi connectivity index (χ1v) is 6.09. The second-order valence-electron chi connectivity index (χ2n) is 4.42. The predicted octanol–water partition coefficient (Wildman–Crippen LogP) is 1.21. The van der Waals surface area contributed by atoms with E-state index in [-0.39, 0.29) is 23.9 Å². The lowest BCUT2D eigenvalue weighted by Gasteiger charge is -2.18. The van der Waals surface area contributed by atoms with Gasteiger partial charge in [-0.3, -0.25) is 19.5 Å². The Hall–Kier alpha value is -2.24. The van der Waals surface area contributed by atoms with E-state index in [1.54, 1.807) is 0 Å². The summed E-state index contributed by atoms with van der Waals surface area (Å²) in [6.45, 7) is 0.0405. The third-order valence-corrected chi connectivity index (χ3v) is 3.02. The van der Waals surface area contributed by atoms with Gasteiger partial charge in [-0.25, -0.2) is 4.79 Å². The van der Waals surface area contributed by atoms with Crippen molar-refractivity contribution >= 4 is 17.8 Å². The number of hydrogen-bond donors (Lipinski definition) is 1. The van der Waals surface area contributed by atoms with Crippen LogP contribution in [-0.2, 0) is 16.1 Å². The zero-order chi connectivity index (χ0) is 13.8. The van der Waals surface area contributed by atoms with Crippen molar-refractivity contribution in [3.63, 3.8) is 0 Å². The van der Waals surface area contributed by atoms with E-state index < -0.39 is 5.97 Å². The van der Waals surface area contributed by atoms with Gasteiger partial charge in [-0.2, -0.15) is 0 Å². The second-order valence-corrected chi connectivity index (χ2v) is 4.42. The quantitative estimate of drug-likeness (QED) is 0.827. The van der Waals surface area contributed by atoms with Crippen molar-refractivity contribution in [1.29, 1.82) is 0 Å². The normalized spacial score (nSPS) is 16.3. The Labute approximate surface area is 110 Å². The Morgan fingerprint density at radius 3 is 2.47 bits per heavy atom. The second kappa shape index (κ2) is 5.60. The topological polar surface area (TPSA) is 87.6 Å². The number of carbonyl (C=O) groups is 3. The van der Waals surface area contributed by atoms with Crippen LogP contribution in [0.3, 0.4) is 0 Å². The smallest absolute Gasteiger partial charge is 0.335 e. The average Bonchev–Trinajstić information content (AvgIpc) is 2.54. The highest BCUT2D eigenvalue weighted by Gasteiger charge is 2.24. The molecule has 1 aromatic rings. The first kappa shape index (κ1) is 13.2. The summed E-state index contributed by atoms with van der Waals surface area (Å²) >= 11 is 0. The van der Waals surface area contributed by atoms with Gasteiger partial charge in [-0.05, 0) is 25.0 Å². The molecule has 0 atom stereocenters. The number of carbonyl (C=O) groups excluding carboxylic acids is 2. The number of carboxylic acids is 1. The first-order chi connectivity index (χ1) is 9.08. The fourth-order valence-corrected chi connectivity index (χ4v) is 2.00. The van der Waals surface area contributed by atoms with Crippen molar-refractivity contribution in [3.8, 4) is 0 Å². The van der Waals surface area contributed by atoms with Crippen LogP contribution in [-0.4, -0.2) is 32.8 Å². The van der Waals surface area contributed by atoms with Crippen LogP contribution in [0, 0.1) is 0 Å². The van der Waals surface area contributed by atoms with Gasteiger partial charge in [0, 0.05) is 19.0 Å². The molecule has 0 aromatic carbocycles. The van der Waals surface area contributed by atoms with E-state index in [9.17, 15) is 14.4 Å². The molecule has 19 heavy (non-hydrogen) atoms. The molecule has 100 valence electrons. The predicted molar refractivity (Wildman–Crippen MR) is 65.2 cm³/mol. The first-order valence-electron chi connectivity index (χ1n) is 6.09. The molecule has 0 bridgehead atoms. The fourth-order valence-electron chi connectivity index (χ4n) is 2.00. The van der Waals surface area contributed by atoms with Crippen LogP contribution in [0.2, 0.25) is 0 Å². The standard InChI is InChI=1S/C13H14N2O4/c16-11-3-1-2-4-12(17)15(11)8-10-7-9(13(18)19)5-6-14-10/h5-7H,1-4,8H2,(H,18,19). The lowest BCUT2D eigenvalue weighted by atomic mass is 10.2. The summed E-state index contributed by atoms with van der Waals surface area (Å²) in [6, 6.07) is 2.76. The third-order valence-electron chi connectivity index (χ3n) is 3.02. The van der Waals surface area contributed by atoms with Crippen molar-refractivity contribution in [2.75, 3.05) is 0 Å². The van der Waals surface area contributed by atoms with Gasteiger partial charge in [-0.1, -0.05) is 0 Å². The van der Waals surface area contributed by atoms with E-state index in [1.807, 2.05) is 0 Å². The molecule has 0 saturated carbocycles. The molecule has 6 nitrogen and oxygen atoms in total. The number of pyridine rings is 1. The van der Waals surface area contributed by atoms with Gasteiger partial charge in [0.15, 0.2) is 0 Å². The molecule has 1 aliphatic heterocycles. The summed E-state index contributed by atoms with van der Waals surface area (Å²) < 4.78 is 0. The van der Waals surface area contributed by atoms with Gasteiger partial charge in [0.25, 0.3) is 0 Å². The van der Waals surface area contributed by atoms with E-state index in [2.05, 4.69) is 4.98 Å². The van der Waals surface area contributed by atoms with Gasteiger partial charge in [0.2, 0.25) is 11.8 Å². The number of aromatic carboxylic acids is 1. The maximum Gasteiger partial charge on any atom is 0.335 e.